The summed E-state index contributed by atoms with van der Waals surface area (Å²) in [4.78, 5) is 36.5. The third-order valence-electron chi connectivity index (χ3n) is 11.4. The molecule has 5 aromatic rings. The van der Waals surface area contributed by atoms with Gasteiger partial charge in [-0.05, 0) is 80.0 Å². The highest BCUT2D eigenvalue weighted by molar-refractivity contribution is 6.01. The zero-order valence-corrected chi connectivity index (χ0v) is 28.0. The van der Waals surface area contributed by atoms with Gasteiger partial charge in [0.05, 0.1) is 25.4 Å². The van der Waals surface area contributed by atoms with E-state index in [1.165, 1.54) is 23.7 Å². The SMILES string of the molecule is COc1cccc(C(=O)N2CC(Cn3c(-c4cc5ccccc5n4CC4CC4)nc4cc(C(=O)N5C[C@H]6CC[C@@H]5[C@@H]6N)cc(OC)c43)C2)c1. The Morgan fingerprint density at radius 1 is 0.816 bits per heavy atom. The van der Waals surface area contributed by atoms with Gasteiger partial charge in [-0.3, -0.25) is 9.59 Å². The van der Waals surface area contributed by atoms with Crippen molar-refractivity contribution in [1.82, 2.24) is 23.9 Å². The van der Waals surface area contributed by atoms with Crippen LogP contribution in [-0.2, 0) is 13.1 Å². The zero-order valence-electron chi connectivity index (χ0n) is 28.0. The molecule has 0 radical (unpaired) electrons. The lowest BCUT2D eigenvalue weighted by Crippen LogP contribution is -2.51. The molecule has 2 aliphatic heterocycles. The number of likely N-dealkylation sites (tertiary alicyclic amines) is 2. The molecule has 3 atom stereocenters. The number of piperidine rings is 1. The van der Waals surface area contributed by atoms with Gasteiger partial charge >= 0.3 is 0 Å². The third kappa shape index (κ3) is 5.07. The summed E-state index contributed by atoms with van der Waals surface area (Å²) in [6.07, 6.45) is 4.52. The molecule has 2 aromatic heterocycles. The predicted octanol–water partition coefficient (Wildman–Crippen LogP) is 5.42. The zero-order chi connectivity index (χ0) is 33.4. The second-order valence-corrected chi connectivity index (χ2v) is 14.5. The molecule has 10 heteroatoms. The molecular formula is C39H42N6O4. The monoisotopic (exact) mass is 658 g/mol. The van der Waals surface area contributed by atoms with Gasteiger partial charge in [0.2, 0.25) is 0 Å². The summed E-state index contributed by atoms with van der Waals surface area (Å²) in [7, 11) is 3.27. The number of rotatable bonds is 9. The molecule has 252 valence electrons. The van der Waals surface area contributed by atoms with Crippen LogP contribution in [-0.4, -0.2) is 81.7 Å². The molecule has 0 unspecified atom stereocenters. The fourth-order valence-electron chi connectivity index (χ4n) is 8.53. The number of ether oxygens (including phenoxy) is 2. The molecule has 4 fully saturated rings. The Labute approximate surface area is 285 Å². The lowest BCUT2D eigenvalue weighted by molar-refractivity contribution is 0.0471. The highest BCUT2D eigenvalue weighted by Crippen LogP contribution is 2.41. The molecule has 2 N–H and O–H groups in total. The van der Waals surface area contributed by atoms with E-state index in [1.54, 1.807) is 20.3 Å². The van der Waals surface area contributed by atoms with Crippen molar-refractivity contribution in [2.24, 2.45) is 23.5 Å². The van der Waals surface area contributed by atoms with Gasteiger partial charge < -0.3 is 34.1 Å². The topological polar surface area (TPSA) is 108 Å². The van der Waals surface area contributed by atoms with Crippen LogP contribution in [0.15, 0.2) is 66.7 Å². The third-order valence-corrected chi connectivity index (χ3v) is 11.4. The number of para-hydroxylation sites is 1. The van der Waals surface area contributed by atoms with Crippen LogP contribution in [0.3, 0.4) is 0 Å². The quantitative estimate of drug-likeness (QED) is 0.227. The number of aromatic nitrogens is 3. The number of imidazole rings is 1. The number of nitrogens with zero attached hydrogens (tertiary/aromatic N) is 5. The fraction of sp³-hybridized carbons (Fsp3) is 0.410. The van der Waals surface area contributed by atoms with Crippen molar-refractivity contribution in [1.29, 1.82) is 0 Å². The van der Waals surface area contributed by atoms with Crippen LogP contribution in [0.1, 0.15) is 46.4 Å². The van der Waals surface area contributed by atoms with Crippen LogP contribution in [0.5, 0.6) is 11.5 Å². The second kappa shape index (κ2) is 11.7. The number of methoxy groups -OCH3 is 2. The summed E-state index contributed by atoms with van der Waals surface area (Å²) in [5.41, 5.74) is 11.6. The number of hydrogen-bond acceptors (Lipinski definition) is 6. The van der Waals surface area contributed by atoms with Gasteiger partial charge in [0, 0.05) is 72.8 Å². The van der Waals surface area contributed by atoms with E-state index in [0.29, 0.717) is 60.6 Å². The van der Waals surface area contributed by atoms with E-state index in [2.05, 4.69) is 39.5 Å². The van der Waals surface area contributed by atoms with Gasteiger partial charge in [-0.2, -0.15) is 0 Å². The Morgan fingerprint density at radius 2 is 1.63 bits per heavy atom. The number of hydrogen-bond donors (Lipinski definition) is 1. The van der Waals surface area contributed by atoms with Crippen LogP contribution < -0.4 is 15.2 Å². The largest absolute Gasteiger partial charge is 0.497 e. The van der Waals surface area contributed by atoms with Crippen molar-refractivity contribution < 1.29 is 19.1 Å². The molecular weight excluding hydrogens is 616 g/mol. The summed E-state index contributed by atoms with van der Waals surface area (Å²) in [5.74, 6) is 3.41. The predicted molar refractivity (Wildman–Crippen MR) is 188 cm³/mol. The number of carbonyl (C=O) groups is 2. The van der Waals surface area contributed by atoms with E-state index in [9.17, 15) is 9.59 Å². The van der Waals surface area contributed by atoms with Crippen LogP contribution in [0.2, 0.25) is 0 Å². The summed E-state index contributed by atoms with van der Waals surface area (Å²) < 4.78 is 16.1. The van der Waals surface area contributed by atoms with Gasteiger partial charge in [-0.1, -0.05) is 24.3 Å². The maximum atomic E-state index is 14.0. The molecule has 2 saturated heterocycles. The smallest absolute Gasteiger partial charge is 0.254 e. The first-order valence-electron chi connectivity index (χ1n) is 17.6. The summed E-state index contributed by atoms with van der Waals surface area (Å²) in [6, 6.07) is 22.0. The van der Waals surface area contributed by atoms with Crippen LogP contribution in [0, 0.1) is 17.8 Å². The minimum atomic E-state index is -0.00696. The average Bonchev–Trinajstić information content (AvgIpc) is 3.47. The molecule has 3 aromatic carbocycles. The Morgan fingerprint density at radius 3 is 2.37 bits per heavy atom. The summed E-state index contributed by atoms with van der Waals surface area (Å²) >= 11 is 0. The highest BCUT2D eigenvalue weighted by atomic mass is 16.5. The molecule has 4 heterocycles. The molecule has 2 bridgehead atoms. The van der Waals surface area contributed by atoms with E-state index in [-0.39, 0.29) is 29.8 Å². The first-order chi connectivity index (χ1) is 23.9. The van der Waals surface area contributed by atoms with Crippen molar-refractivity contribution in [3.63, 3.8) is 0 Å². The van der Waals surface area contributed by atoms with Crippen molar-refractivity contribution in [3.05, 3.63) is 77.9 Å². The molecule has 2 saturated carbocycles. The summed E-state index contributed by atoms with van der Waals surface area (Å²) in [5, 5.41) is 1.18. The number of fused-ring (bicyclic) bond motifs is 4. The highest BCUT2D eigenvalue weighted by Gasteiger charge is 2.47. The Balaban J connectivity index is 1.11. The number of amides is 2. The average molecular weight is 659 g/mol. The minimum Gasteiger partial charge on any atom is -0.497 e. The van der Waals surface area contributed by atoms with Crippen molar-refractivity contribution >= 4 is 33.8 Å². The lowest BCUT2D eigenvalue weighted by atomic mass is 9.98. The van der Waals surface area contributed by atoms with E-state index in [4.69, 9.17) is 20.2 Å². The van der Waals surface area contributed by atoms with E-state index >= 15 is 0 Å². The molecule has 10 nitrogen and oxygen atoms in total. The maximum absolute atomic E-state index is 14.0. The first kappa shape index (κ1) is 30.2. The Kier molecular flexibility index (Phi) is 7.19. The summed E-state index contributed by atoms with van der Waals surface area (Å²) in [6.45, 7) is 3.58. The standard InChI is InChI=1S/C39H42N6O4/c1-48-29-8-5-7-26(14-29)38(46)42-18-24(19-42)21-45-36-30(15-28(17-34(36)49-2)39(47)44-22-27-12-13-32(44)35(27)40)41-37(45)33-16-25-6-3-4-9-31(25)43(33)20-23-10-11-23/h3-9,14-17,23-24,27,32,35H,10-13,18-22,40H2,1-2H3/t27-,32-,35-/m1/s1. The second-order valence-electron chi connectivity index (χ2n) is 14.5. The van der Waals surface area contributed by atoms with E-state index in [0.717, 1.165) is 41.9 Å². The Hall–Kier alpha value is -4.83. The van der Waals surface area contributed by atoms with E-state index in [1.807, 2.05) is 40.1 Å². The number of nitrogens with two attached hydrogens (primary N) is 1. The van der Waals surface area contributed by atoms with Gasteiger partial charge in [0.25, 0.3) is 11.8 Å². The minimum absolute atomic E-state index is 0.00601. The lowest BCUT2D eigenvalue weighted by Gasteiger charge is -2.40. The molecule has 49 heavy (non-hydrogen) atoms. The Bertz CT molecular complexity index is 2110. The van der Waals surface area contributed by atoms with Gasteiger partial charge in [0.1, 0.15) is 17.0 Å². The van der Waals surface area contributed by atoms with Gasteiger partial charge in [-0.25, -0.2) is 4.98 Å². The van der Waals surface area contributed by atoms with Gasteiger partial charge in [-0.15, -0.1) is 0 Å². The first-order valence-corrected chi connectivity index (χ1v) is 17.6. The molecule has 4 aliphatic rings. The molecule has 2 aliphatic carbocycles. The van der Waals surface area contributed by atoms with Crippen molar-refractivity contribution in [2.75, 3.05) is 33.9 Å². The molecule has 9 rings (SSSR count). The fourth-order valence-corrected chi connectivity index (χ4v) is 8.53. The van der Waals surface area contributed by atoms with E-state index < -0.39 is 0 Å². The van der Waals surface area contributed by atoms with Crippen LogP contribution in [0.25, 0.3) is 33.5 Å². The molecule has 2 amide bonds. The van der Waals surface area contributed by atoms with Crippen molar-refractivity contribution in [3.8, 4) is 23.0 Å². The maximum Gasteiger partial charge on any atom is 0.254 e. The molecule has 0 spiro atoms. The van der Waals surface area contributed by atoms with Crippen LogP contribution in [0.4, 0.5) is 0 Å². The normalized spacial score (nSPS) is 21.9. The van der Waals surface area contributed by atoms with Crippen molar-refractivity contribution in [2.45, 2.75) is 50.9 Å². The number of carbonyl (C=O) groups excluding carboxylic acids is 2. The van der Waals surface area contributed by atoms with Crippen LogP contribution >= 0.6 is 0 Å². The number of benzene rings is 3. The van der Waals surface area contributed by atoms with Gasteiger partial charge in [0.15, 0.2) is 5.82 Å².